The Balaban J connectivity index is 0. The third kappa shape index (κ3) is 4.74. The van der Waals surface area contributed by atoms with Crippen molar-refractivity contribution < 1.29 is 17.0 Å². The quantitative estimate of drug-likeness (QED) is 0.449. The fraction of sp³-hybridized carbons (Fsp3) is 0.889. The largest absolute Gasteiger partial charge is 2.00 e. The van der Waals surface area contributed by atoms with E-state index in [-0.39, 0.29) is 40.0 Å². The molecule has 0 radical (unpaired) electrons. The first-order valence-electron chi connectivity index (χ1n) is 4.18. The van der Waals surface area contributed by atoms with Crippen molar-refractivity contribution in [3.05, 3.63) is 6.42 Å². The molecule has 1 saturated carbocycles. The summed E-state index contributed by atoms with van der Waals surface area (Å²) in [6, 6.07) is 0. The molecule has 2 atom stereocenters. The molecule has 62 valence electrons. The molecule has 0 bridgehead atoms. The molecular formula is C9H17BrMg. The van der Waals surface area contributed by atoms with Gasteiger partial charge in [-0.2, -0.15) is 12.3 Å². The van der Waals surface area contributed by atoms with Gasteiger partial charge in [0.1, 0.15) is 0 Å². The van der Waals surface area contributed by atoms with Crippen molar-refractivity contribution in [2.75, 3.05) is 0 Å². The van der Waals surface area contributed by atoms with E-state index < -0.39 is 0 Å². The van der Waals surface area contributed by atoms with E-state index in [1.165, 1.54) is 25.7 Å². The van der Waals surface area contributed by atoms with Crippen molar-refractivity contribution in [1.29, 1.82) is 0 Å². The topological polar surface area (TPSA) is 0 Å². The maximum absolute atomic E-state index is 2.51. The van der Waals surface area contributed by atoms with Gasteiger partial charge < -0.3 is 23.4 Å². The van der Waals surface area contributed by atoms with E-state index in [2.05, 4.69) is 20.3 Å². The molecule has 0 aliphatic heterocycles. The summed E-state index contributed by atoms with van der Waals surface area (Å²) in [7, 11) is 0. The minimum atomic E-state index is 0. The Morgan fingerprint density at radius 3 is 2.55 bits per heavy atom. The van der Waals surface area contributed by atoms with Gasteiger partial charge >= 0.3 is 23.1 Å². The molecule has 0 aromatic rings. The van der Waals surface area contributed by atoms with Gasteiger partial charge in [0.05, 0.1) is 0 Å². The molecule has 11 heavy (non-hydrogen) atoms. The van der Waals surface area contributed by atoms with Gasteiger partial charge in [0.2, 0.25) is 0 Å². The molecule has 0 aromatic carbocycles. The number of hydrogen-bond donors (Lipinski definition) is 0. The second-order valence-corrected chi connectivity index (χ2v) is 3.22. The van der Waals surface area contributed by atoms with E-state index in [1.807, 2.05) is 0 Å². The van der Waals surface area contributed by atoms with Gasteiger partial charge in [0.25, 0.3) is 0 Å². The minimum Gasteiger partial charge on any atom is -1.00 e. The zero-order valence-corrected chi connectivity index (χ0v) is 10.6. The summed E-state index contributed by atoms with van der Waals surface area (Å²) in [5, 5.41) is 0. The number of rotatable bonds is 2. The van der Waals surface area contributed by atoms with Crippen LogP contribution in [0.2, 0.25) is 0 Å². The van der Waals surface area contributed by atoms with E-state index in [1.54, 1.807) is 0 Å². The van der Waals surface area contributed by atoms with Crippen LogP contribution < -0.4 is 17.0 Å². The van der Waals surface area contributed by atoms with Gasteiger partial charge in [-0.15, -0.1) is 0 Å². The average Bonchev–Trinajstić information content (AvgIpc) is 2.37. The average molecular weight is 229 g/mol. The third-order valence-electron chi connectivity index (χ3n) is 2.59. The molecule has 0 amide bonds. The summed E-state index contributed by atoms with van der Waals surface area (Å²) in [6.45, 7) is 4.66. The molecule has 1 fully saturated rings. The van der Waals surface area contributed by atoms with Gasteiger partial charge in [-0.3, -0.25) is 0 Å². The second kappa shape index (κ2) is 7.87. The molecule has 1 aliphatic rings. The number of halogens is 1. The van der Waals surface area contributed by atoms with Crippen LogP contribution in [0.4, 0.5) is 0 Å². The van der Waals surface area contributed by atoms with Crippen LogP contribution in [0, 0.1) is 18.3 Å². The maximum Gasteiger partial charge on any atom is 2.00 e. The molecule has 1 aliphatic carbocycles. The van der Waals surface area contributed by atoms with Crippen LogP contribution in [0.15, 0.2) is 0 Å². The Morgan fingerprint density at radius 1 is 1.55 bits per heavy atom. The van der Waals surface area contributed by atoms with Crippen LogP contribution in [0.1, 0.15) is 39.5 Å². The Bertz CT molecular complexity index is 79.6. The summed E-state index contributed by atoms with van der Waals surface area (Å²) in [5.74, 6) is 1.89. The van der Waals surface area contributed by atoms with Crippen LogP contribution in [-0.2, 0) is 0 Å². The fourth-order valence-corrected chi connectivity index (χ4v) is 1.62. The zero-order chi connectivity index (χ0) is 6.69. The van der Waals surface area contributed by atoms with Crippen LogP contribution in [0.5, 0.6) is 0 Å². The van der Waals surface area contributed by atoms with Gasteiger partial charge in [-0.05, 0) is 0 Å². The van der Waals surface area contributed by atoms with Crippen LogP contribution in [0.25, 0.3) is 0 Å². The number of hydrogen-bond acceptors (Lipinski definition) is 0. The first-order valence-corrected chi connectivity index (χ1v) is 4.18. The predicted octanol–water partition coefficient (Wildman–Crippen LogP) is -0.340. The van der Waals surface area contributed by atoms with Crippen molar-refractivity contribution in [1.82, 2.24) is 0 Å². The van der Waals surface area contributed by atoms with Crippen molar-refractivity contribution in [2.24, 2.45) is 11.8 Å². The van der Waals surface area contributed by atoms with Gasteiger partial charge in [0, 0.05) is 0 Å². The monoisotopic (exact) mass is 228 g/mol. The second-order valence-electron chi connectivity index (χ2n) is 3.22. The van der Waals surface area contributed by atoms with E-state index in [9.17, 15) is 0 Å². The van der Waals surface area contributed by atoms with E-state index in [0.29, 0.717) is 0 Å². The van der Waals surface area contributed by atoms with Gasteiger partial charge in [-0.25, -0.2) is 0 Å². The third-order valence-corrected chi connectivity index (χ3v) is 2.59. The first kappa shape index (κ1) is 14.8. The Kier molecular flexibility index (Phi) is 10.6. The molecule has 2 heteroatoms. The van der Waals surface area contributed by atoms with Crippen LogP contribution in [0.3, 0.4) is 0 Å². The summed E-state index contributed by atoms with van der Waals surface area (Å²) in [6.07, 6.45) is 8.12. The van der Waals surface area contributed by atoms with Crippen LogP contribution in [-0.4, -0.2) is 23.1 Å². The Morgan fingerprint density at radius 2 is 2.18 bits per heavy atom. The molecular weight excluding hydrogens is 212 g/mol. The van der Waals surface area contributed by atoms with Crippen molar-refractivity contribution >= 4 is 23.1 Å². The molecule has 0 N–H and O–H groups in total. The minimum absolute atomic E-state index is 0. The molecule has 0 saturated heterocycles. The Labute approximate surface area is 97.4 Å². The summed E-state index contributed by atoms with van der Waals surface area (Å²) >= 11 is 0. The van der Waals surface area contributed by atoms with E-state index in [0.717, 1.165) is 11.8 Å². The van der Waals surface area contributed by atoms with E-state index in [4.69, 9.17) is 0 Å². The maximum atomic E-state index is 2.51. The molecule has 2 unspecified atom stereocenters. The van der Waals surface area contributed by atoms with Crippen molar-refractivity contribution in [3.63, 3.8) is 0 Å². The zero-order valence-electron chi connectivity index (χ0n) is 7.65. The SMILES string of the molecule is CCC(C)C1[CH-]CCC1.[Br-].[Mg+2]. The van der Waals surface area contributed by atoms with E-state index >= 15 is 0 Å². The summed E-state index contributed by atoms with van der Waals surface area (Å²) in [5.41, 5.74) is 0. The molecule has 0 heterocycles. The van der Waals surface area contributed by atoms with Crippen molar-refractivity contribution in [3.8, 4) is 0 Å². The van der Waals surface area contributed by atoms with Gasteiger partial charge in [0.15, 0.2) is 0 Å². The molecule has 0 nitrogen and oxygen atoms in total. The normalized spacial score (nSPS) is 25.1. The summed E-state index contributed by atoms with van der Waals surface area (Å²) in [4.78, 5) is 0. The summed E-state index contributed by atoms with van der Waals surface area (Å²) < 4.78 is 0. The fourth-order valence-electron chi connectivity index (χ4n) is 1.62. The Hall–Kier alpha value is 1.25. The van der Waals surface area contributed by atoms with Crippen LogP contribution >= 0.6 is 0 Å². The standard InChI is InChI=1S/C9H17.BrH.Mg/c1-3-8(2)9-6-4-5-7-9;;/h6,8-9H,3-5,7H2,1-2H3;1H;/q-1;;+2/p-1. The molecule has 0 aromatic heterocycles. The van der Waals surface area contributed by atoms with Crippen molar-refractivity contribution in [2.45, 2.75) is 39.5 Å². The smallest absolute Gasteiger partial charge is 1.00 e. The first-order chi connectivity index (χ1) is 4.34. The molecule has 1 rings (SSSR count). The predicted molar refractivity (Wildman–Crippen MR) is 46.9 cm³/mol. The van der Waals surface area contributed by atoms with Gasteiger partial charge in [-0.1, -0.05) is 39.0 Å². The molecule has 0 spiro atoms.